The van der Waals surface area contributed by atoms with Crippen molar-refractivity contribution in [3.05, 3.63) is 0 Å². The van der Waals surface area contributed by atoms with Gasteiger partial charge in [0, 0.05) is 0 Å². The van der Waals surface area contributed by atoms with Crippen LogP contribution in [0.5, 0.6) is 0 Å². The van der Waals surface area contributed by atoms with Gasteiger partial charge in [-0.05, 0) is 6.92 Å². The molecule has 0 aromatic carbocycles. The van der Waals surface area contributed by atoms with E-state index in [9.17, 15) is 0 Å². The largest absolute Gasteiger partial charge is 0.394 e. The maximum Gasteiger partial charge on any atom is 0.103 e. The molecule has 6 nitrogen and oxygen atoms in total. The lowest BCUT2D eigenvalue weighted by molar-refractivity contribution is -0.00425. The average molecular weight is 198 g/mol. The monoisotopic (exact) mass is 198 g/mol. The summed E-state index contributed by atoms with van der Waals surface area (Å²) in [6.45, 7) is 0.311. The predicted molar refractivity (Wildman–Crippen MR) is 45.0 cm³/mol. The van der Waals surface area contributed by atoms with Crippen molar-refractivity contribution < 1.29 is 30.6 Å². The molecule has 0 aliphatic rings. The lowest BCUT2D eigenvalue weighted by Gasteiger charge is -2.07. The fourth-order valence-corrected chi connectivity index (χ4v) is 0.210. The Bertz CT molecular complexity index is 93.0. The van der Waals surface area contributed by atoms with Gasteiger partial charge in [0.15, 0.2) is 0 Å². The van der Waals surface area contributed by atoms with E-state index in [0.29, 0.717) is 0 Å². The van der Waals surface area contributed by atoms with E-state index in [1.54, 1.807) is 0 Å². The van der Waals surface area contributed by atoms with Crippen LogP contribution in [-0.2, 0) is 0 Å². The van der Waals surface area contributed by atoms with Crippen molar-refractivity contribution in [2.24, 2.45) is 0 Å². The molecule has 0 fully saturated rings. The summed E-state index contributed by atoms with van der Waals surface area (Å²) in [5.74, 6) is 0. The number of aliphatic hydroxyl groups is 6. The van der Waals surface area contributed by atoms with Gasteiger partial charge in [-0.2, -0.15) is 0 Å². The second-order valence-electron chi connectivity index (χ2n) is 2.51. The molecule has 0 aliphatic carbocycles. The summed E-state index contributed by atoms with van der Waals surface area (Å²) in [6, 6.07) is 0. The van der Waals surface area contributed by atoms with E-state index >= 15 is 0 Å². The number of hydrogen-bond donors (Lipinski definition) is 6. The van der Waals surface area contributed by atoms with Gasteiger partial charge in [-0.15, -0.1) is 0 Å². The number of aliphatic hydroxyl groups excluding tert-OH is 6. The van der Waals surface area contributed by atoms with Crippen LogP contribution in [0.25, 0.3) is 0 Å². The van der Waals surface area contributed by atoms with E-state index in [0.717, 1.165) is 0 Å². The minimum atomic E-state index is -0.986. The Labute approximate surface area is 76.7 Å². The SMILES string of the molecule is CC(O)C(O)CO.OCC(O)CO. The Morgan fingerprint density at radius 2 is 1.23 bits per heavy atom. The summed E-state index contributed by atoms with van der Waals surface area (Å²) in [5.41, 5.74) is 0. The lowest BCUT2D eigenvalue weighted by atomic mass is 10.2. The van der Waals surface area contributed by atoms with Gasteiger partial charge >= 0.3 is 0 Å². The van der Waals surface area contributed by atoms with Crippen LogP contribution in [0.3, 0.4) is 0 Å². The normalized spacial score (nSPS) is 14.8. The molecule has 0 saturated heterocycles. The molecule has 0 aliphatic heterocycles. The van der Waals surface area contributed by atoms with Gasteiger partial charge < -0.3 is 30.6 Å². The van der Waals surface area contributed by atoms with Crippen molar-refractivity contribution in [2.75, 3.05) is 19.8 Å². The van der Waals surface area contributed by atoms with Crippen LogP contribution in [0.4, 0.5) is 0 Å². The minimum Gasteiger partial charge on any atom is -0.394 e. The second kappa shape index (κ2) is 9.85. The van der Waals surface area contributed by atoms with E-state index in [2.05, 4.69) is 0 Å². The first-order valence-corrected chi connectivity index (χ1v) is 3.86. The summed E-state index contributed by atoms with van der Waals surface area (Å²) in [6.07, 6.45) is -2.77. The predicted octanol–water partition coefficient (Wildman–Crippen LogP) is -2.95. The van der Waals surface area contributed by atoms with Crippen LogP contribution >= 0.6 is 0 Å². The highest BCUT2D eigenvalue weighted by molar-refractivity contribution is 4.57. The third kappa shape index (κ3) is 11.8. The van der Waals surface area contributed by atoms with E-state index in [1.807, 2.05) is 0 Å². The Balaban J connectivity index is 0. The van der Waals surface area contributed by atoms with Crippen LogP contribution in [0.1, 0.15) is 6.92 Å². The summed E-state index contributed by atoms with van der Waals surface area (Å²) in [7, 11) is 0. The summed E-state index contributed by atoms with van der Waals surface area (Å²) in [4.78, 5) is 0. The average Bonchev–Trinajstić information content (AvgIpc) is 2.16. The molecular weight excluding hydrogens is 180 g/mol. The topological polar surface area (TPSA) is 121 Å². The molecular formula is C7H18O6. The molecule has 0 aromatic rings. The van der Waals surface area contributed by atoms with Crippen molar-refractivity contribution in [1.82, 2.24) is 0 Å². The van der Waals surface area contributed by atoms with Gasteiger partial charge in [0.2, 0.25) is 0 Å². The van der Waals surface area contributed by atoms with Crippen LogP contribution in [0, 0.1) is 0 Å². The van der Waals surface area contributed by atoms with Gasteiger partial charge in [0.25, 0.3) is 0 Å². The molecule has 82 valence electrons. The van der Waals surface area contributed by atoms with Crippen molar-refractivity contribution in [1.29, 1.82) is 0 Å². The lowest BCUT2D eigenvalue weighted by Crippen LogP contribution is -2.25. The first-order chi connectivity index (χ1) is 5.99. The molecule has 13 heavy (non-hydrogen) atoms. The second-order valence-corrected chi connectivity index (χ2v) is 2.51. The minimum absolute atomic E-state index is 0.365. The Hall–Kier alpha value is -0.240. The highest BCUT2D eigenvalue weighted by Crippen LogP contribution is 1.87. The first kappa shape index (κ1) is 15.2. The molecule has 2 unspecified atom stereocenters. The van der Waals surface area contributed by atoms with Gasteiger partial charge in [-0.1, -0.05) is 0 Å². The number of rotatable bonds is 4. The van der Waals surface area contributed by atoms with Crippen LogP contribution in [0.2, 0.25) is 0 Å². The van der Waals surface area contributed by atoms with E-state index < -0.39 is 18.3 Å². The molecule has 0 spiro atoms. The fourth-order valence-electron chi connectivity index (χ4n) is 0.210. The molecule has 2 atom stereocenters. The molecule has 0 saturated carbocycles. The molecule has 0 bridgehead atoms. The number of hydrogen-bond acceptors (Lipinski definition) is 6. The maximum atomic E-state index is 8.44. The van der Waals surface area contributed by atoms with Crippen molar-refractivity contribution in [3.63, 3.8) is 0 Å². The third-order valence-electron chi connectivity index (χ3n) is 1.17. The van der Waals surface area contributed by atoms with Crippen LogP contribution in [0.15, 0.2) is 0 Å². The molecule has 6 N–H and O–H groups in total. The first-order valence-electron chi connectivity index (χ1n) is 3.86. The summed E-state index contributed by atoms with van der Waals surface area (Å²) >= 11 is 0. The van der Waals surface area contributed by atoms with E-state index in [1.165, 1.54) is 6.92 Å². The zero-order valence-corrected chi connectivity index (χ0v) is 7.54. The van der Waals surface area contributed by atoms with E-state index in [-0.39, 0.29) is 19.8 Å². The molecule has 0 aromatic heterocycles. The fraction of sp³-hybridized carbons (Fsp3) is 1.00. The van der Waals surface area contributed by atoms with Gasteiger partial charge in [0.05, 0.1) is 25.9 Å². The standard InChI is InChI=1S/C4H10O3.C3H8O3/c1-3(6)4(7)2-5;4-1-3(6)2-5/h3-7H,2H2,1H3;3-6H,1-2H2. The van der Waals surface area contributed by atoms with Gasteiger partial charge in [0.1, 0.15) is 12.2 Å². The van der Waals surface area contributed by atoms with Crippen molar-refractivity contribution >= 4 is 0 Å². The highest BCUT2D eigenvalue weighted by atomic mass is 16.4. The Morgan fingerprint density at radius 1 is 0.846 bits per heavy atom. The van der Waals surface area contributed by atoms with Crippen LogP contribution < -0.4 is 0 Å². The third-order valence-corrected chi connectivity index (χ3v) is 1.17. The molecule has 0 heterocycles. The van der Waals surface area contributed by atoms with Crippen LogP contribution in [-0.4, -0.2) is 68.8 Å². The summed E-state index contributed by atoms with van der Waals surface area (Å²) in [5, 5.41) is 49.0. The zero-order valence-electron chi connectivity index (χ0n) is 7.54. The van der Waals surface area contributed by atoms with Gasteiger partial charge in [-0.3, -0.25) is 0 Å². The Morgan fingerprint density at radius 3 is 1.23 bits per heavy atom. The van der Waals surface area contributed by atoms with E-state index in [4.69, 9.17) is 30.6 Å². The van der Waals surface area contributed by atoms with Crippen molar-refractivity contribution in [3.8, 4) is 0 Å². The smallest absolute Gasteiger partial charge is 0.103 e. The molecule has 0 rings (SSSR count). The van der Waals surface area contributed by atoms with Gasteiger partial charge in [-0.25, -0.2) is 0 Å². The summed E-state index contributed by atoms with van der Waals surface area (Å²) < 4.78 is 0. The Kier molecular flexibility index (Phi) is 11.5. The molecule has 0 radical (unpaired) electrons. The quantitative estimate of drug-likeness (QED) is 0.287. The molecule has 0 amide bonds. The zero-order chi connectivity index (χ0) is 10.9. The maximum absolute atomic E-state index is 8.44. The highest BCUT2D eigenvalue weighted by Gasteiger charge is 2.06. The molecule has 6 heteroatoms. The van der Waals surface area contributed by atoms with Crippen molar-refractivity contribution in [2.45, 2.75) is 25.2 Å².